The molecule has 2 heterocycles. The molecule has 25 heavy (non-hydrogen) atoms. The third kappa shape index (κ3) is 3.79. The van der Waals surface area contributed by atoms with E-state index >= 15 is 0 Å². The van der Waals surface area contributed by atoms with Gasteiger partial charge in [0.25, 0.3) is 0 Å². The molecule has 0 bridgehead atoms. The minimum Gasteiger partial charge on any atom is -0.453 e. The molecule has 0 atom stereocenters. The van der Waals surface area contributed by atoms with Crippen molar-refractivity contribution in [2.75, 3.05) is 11.9 Å². The van der Waals surface area contributed by atoms with Gasteiger partial charge in [-0.15, -0.1) is 11.3 Å². The van der Waals surface area contributed by atoms with E-state index in [0.717, 1.165) is 35.6 Å². The average molecular weight is 361 g/mol. The lowest BCUT2D eigenvalue weighted by Gasteiger charge is -2.07. The van der Waals surface area contributed by atoms with Gasteiger partial charge in [-0.1, -0.05) is 0 Å². The molecular formula is C17H19N3O4S. The van der Waals surface area contributed by atoms with Gasteiger partial charge in [0.05, 0.1) is 0 Å². The fourth-order valence-corrected chi connectivity index (χ4v) is 3.54. The Hall–Kier alpha value is -2.48. The Labute approximate surface area is 149 Å². The first-order valence-corrected chi connectivity index (χ1v) is 8.86. The highest BCUT2D eigenvalue weighted by Gasteiger charge is 2.28. The van der Waals surface area contributed by atoms with Crippen LogP contribution in [0.15, 0.2) is 11.4 Å². The molecule has 8 heteroatoms. The number of anilines is 1. The van der Waals surface area contributed by atoms with E-state index in [4.69, 9.17) is 4.74 Å². The number of carbonyl (C=O) groups excluding carboxylic acids is 3. The number of hydrogen-bond donors (Lipinski definition) is 1. The van der Waals surface area contributed by atoms with Crippen LogP contribution in [0.4, 0.5) is 5.13 Å². The molecule has 2 aromatic rings. The topological polar surface area (TPSA) is 90.3 Å². The van der Waals surface area contributed by atoms with E-state index in [1.807, 2.05) is 19.9 Å². The van der Waals surface area contributed by atoms with E-state index in [1.165, 1.54) is 12.3 Å². The third-order valence-corrected chi connectivity index (χ3v) is 4.79. The van der Waals surface area contributed by atoms with Crippen LogP contribution in [0, 0.1) is 13.8 Å². The maximum Gasteiger partial charge on any atom is 0.358 e. The summed E-state index contributed by atoms with van der Waals surface area (Å²) in [7, 11) is 0. The molecule has 1 fully saturated rings. The summed E-state index contributed by atoms with van der Waals surface area (Å²) >= 11 is 1.12. The van der Waals surface area contributed by atoms with Gasteiger partial charge in [-0.25, -0.2) is 9.78 Å². The largest absolute Gasteiger partial charge is 0.453 e. The zero-order valence-corrected chi connectivity index (χ0v) is 15.1. The fraction of sp³-hybridized carbons (Fsp3) is 0.412. The number of nitrogens with zero attached hydrogens (tertiary/aromatic N) is 2. The summed E-state index contributed by atoms with van der Waals surface area (Å²) < 4.78 is 7.25. The molecule has 0 aliphatic heterocycles. The zero-order valence-electron chi connectivity index (χ0n) is 14.3. The van der Waals surface area contributed by atoms with Crippen molar-refractivity contribution in [2.45, 2.75) is 39.7 Å². The Kier molecular flexibility index (Phi) is 4.71. The van der Waals surface area contributed by atoms with Crippen molar-refractivity contribution in [1.29, 1.82) is 0 Å². The Morgan fingerprint density at radius 3 is 2.72 bits per heavy atom. The lowest BCUT2D eigenvalue weighted by Crippen LogP contribution is -2.15. The molecule has 3 rings (SSSR count). The van der Waals surface area contributed by atoms with Crippen LogP contribution in [-0.4, -0.2) is 33.8 Å². The highest BCUT2D eigenvalue weighted by Crippen LogP contribution is 2.38. The summed E-state index contributed by atoms with van der Waals surface area (Å²) in [6.45, 7) is 4.92. The Morgan fingerprint density at radius 2 is 2.08 bits per heavy atom. The summed E-state index contributed by atoms with van der Waals surface area (Å²) in [4.78, 5) is 39.3. The zero-order chi connectivity index (χ0) is 18.1. The first-order valence-electron chi connectivity index (χ1n) is 7.98. The number of carbonyl (C=O) groups is 3. The molecular weight excluding hydrogens is 342 g/mol. The lowest BCUT2D eigenvalue weighted by atomic mass is 10.1. The standard InChI is InChI=1S/C17H19N3O4S/c1-9-6-13(10(2)20(9)12-4-5-12)15(22)7-24-16(23)14-8-25-17(19-14)18-11(3)21/h6,8,12H,4-5,7H2,1-3H3,(H,18,19,21). The van der Waals surface area contributed by atoms with E-state index in [1.54, 1.807) is 0 Å². The summed E-state index contributed by atoms with van der Waals surface area (Å²) in [6.07, 6.45) is 2.28. The first kappa shape index (κ1) is 17.3. The van der Waals surface area contributed by atoms with Crippen molar-refractivity contribution in [2.24, 2.45) is 0 Å². The molecule has 1 saturated carbocycles. The maximum absolute atomic E-state index is 12.4. The molecule has 1 aliphatic rings. The molecule has 0 radical (unpaired) electrons. The molecule has 1 aliphatic carbocycles. The van der Waals surface area contributed by atoms with Crippen molar-refractivity contribution in [1.82, 2.24) is 9.55 Å². The lowest BCUT2D eigenvalue weighted by molar-refractivity contribution is -0.114. The fourth-order valence-electron chi connectivity index (χ4n) is 2.81. The number of rotatable bonds is 6. The van der Waals surface area contributed by atoms with E-state index in [2.05, 4.69) is 14.9 Å². The van der Waals surface area contributed by atoms with Crippen molar-refractivity contribution >= 4 is 34.1 Å². The van der Waals surface area contributed by atoms with Gasteiger partial charge in [-0.05, 0) is 32.8 Å². The number of nitrogens with one attached hydrogen (secondary N) is 1. The summed E-state index contributed by atoms with van der Waals surface area (Å²) in [5.74, 6) is -1.18. The highest BCUT2D eigenvalue weighted by atomic mass is 32.1. The quantitative estimate of drug-likeness (QED) is 0.631. The van der Waals surface area contributed by atoms with Gasteiger partial charge >= 0.3 is 5.97 Å². The molecule has 1 N–H and O–H groups in total. The number of aromatic nitrogens is 2. The predicted octanol–water partition coefficient (Wildman–Crippen LogP) is 2.89. The number of Topliss-reactive ketones (excluding diaryl/α,β-unsaturated/α-hetero) is 1. The highest BCUT2D eigenvalue weighted by molar-refractivity contribution is 7.14. The van der Waals surface area contributed by atoms with Crippen LogP contribution in [-0.2, 0) is 9.53 Å². The van der Waals surface area contributed by atoms with Crippen LogP contribution in [0.3, 0.4) is 0 Å². The van der Waals surface area contributed by atoms with E-state index in [9.17, 15) is 14.4 Å². The minimum atomic E-state index is -0.683. The van der Waals surface area contributed by atoms with Gasteiger partial charge in [0.1, 0.15) is 0 Å². The Balaban J connectivity index is 1.62. The Morgan fingerprint density at radius 1 is 1.36 bits per heavy atom. The SMILES string of the molecule is CC(=O)Nc1nc(C(=O)OCC(=O)c2cc(C)n(C3CC3)c2C)cs1. The molecule has 0 saturated heterocycles. The van der Waals surface area contributed by atoms with E-state index in [0.29, 0.717) is 16.7 Å². The second-order valence-electron chi connectivity index (χ2n) is 6.10. The van der Waals surface area contributed by atoms with Crippen LogP contribution in [0.2, 0.25) is 0 Å². The summed E-state index contributed by atoms with van der Waals surface area (Å²) in [5.41, 5.74) is 2.64. The van der Waals surface area contributed by atoms with Gasteiger partial charge in [0.2, 0.25) is 11.7 Å². The number of ketones is 1. The van der Waals surface area contributed by atoms with Crippen LogP contribution in [0.1, 0.15) is 58.0 Å². The van der Waals surface area contributed by atoms with Crippen LogP contribution >= 0.6 is 11.3 Å². The molecule has 0 unspecified atom stereocenters. The molecule has 1 amide bonds. The monoisotopic (exact) mass is 361 g/mol. The van der Waals surface area contributed by atoms with Gasteiger partial charge in [0.15, 0.2) is 17.4 Å². The van der Waals surface area contributed by atoms with Crippen molar-refractivity contribution in [3.63, 3.8) is 0 Å². The third-order valence-electron chi connectivity index (χ3n) is 4.03. The van der Waals surface area contributed by atoms with E-state index < -0.39 is 5.97 Å². The first-order chi connectivity index (χ1) is 11.9. The van der Waals surface area contributed by atoms with E-state index in [-0.39, 0.29) is 24.0 Å². The van der Waals surface area contributed by atoms with Gasteiger partial charge in [-0.2, -0.15) is 0 Å². The van der Waals surface area contributed by atoms with Crippen LogP contribution in [0.5, 0.6) is 0 Å². The second kappa shape index (κ2) is 6.79. The second-order valence-corrected chi connectivity index (χ2v) is 6.96. The molecule has 0 spiro atoms. The van der Waals surface area contributed by atoms with Gasteiger partial charge < -0.3 is 14.6 Å². The molecule has 0 aromatic carbocycles. The predicted molar refractivity (Wildman–Crippen MR) is 93.2 cm³/mol. The summed E-state index contributed by atoms with van der Waals surface area (Å²) in [6, 6.07) is 2.34. The number of esters is 1. The smallest absolute Gasteiger partial charge is 0.358 e. The number of amides is 1. The molecule has 7 nitrogen and oxygen atoms in total. The summed E-state index contributed by atoms with van der Waals surface area (Å²) in [5, 5.41) is 4.30. The number of thiazole rings is 1. The van der Waals surface area contributed by atoms with Crippen molar-refractivity contribution in [3.05, 3.63) is 34.1 Å². The molecule has 2 aromatic heterocycles. The molecule has 132 valence electrons. The van der Waals surface area contributed by atoms with Crippen molar-refractivity contribution in [3.8, 4) is 0 Å². The number of hydrogen-bond acceptors (Lipinski definition) is 6. The number of ether oxygens (including phenoxy) is 1. The Bertz CT molecular complexity index is 848. The average Bonchev–Trinajstić information content (AvgIpc) is 3.19. The van der Waals surface area contributed by atoms with Crippen molar-refractivity contribution < 1.29 is 19.1 Å². The van der Waals surface area contributed by atoms with Crippen LogP contribution < -0.4 is 5.32 Å². The minimum absolute atomic E-state index is 0.0741. The van der Waals surface area contributed by atoms with Crippen LogP contribution in [0.25, 0.3) is 0 Å². The maximum atomic E-state index is 12.4. The van der Waals surface area contributed by atoms with Gasteiger partial charge in [-0.3, -0.25) is 9.59 Å². The normalized spacial score (nSPS) is 13.6. The van der Waals surface area contributed by atoms with Gasteiger partial charge in [0, 0.05) is 35.3 Å². The number of aryl methyl sites for hydroxylation is 1.